The highest BCUT2D eigenvalue weighted by atomic mass is 32.1. The summed E-state index contributed by atoms with van der Waals surface area (Å²) in [6, 6.07) is -0.848. The molecular formula is C69H98N16O20S. The number of benzene rings is 3. The van der Waals surface area contributed by atoms with Crippen molar-refractivity contribution in [2.24, 2.45) is 29.0 Å². The molecular weight excluding hydrogens is 1400 g/mol. The van der Waals surface area contributed by atoms with Gasteiger partial charge in [-0.2, -0.15) is 12.6 Å². The van der Waals surface area contributed by atoms with Gasteiger partial charge in [0.05, 0.1) is 32.3 Å². The molecule has 24 N–H and O–H groups in total. The Morgan fingerprint density at radius 3 is 1.49 bits per heavy atom. The smallest absolute Gasteiger partial charge is 0.328 e. The summed E-state index contributed by atoms with van der Waals surface area (Å²) in [5.41, 5.74) is 18.4. The number of likely N-dealkylation sites (tertiary alicyclic amines) is 1. The first-order chi connectivity index (χ1) is 50.2. The van der Waals surface area contributed by atoms with Gasteiger partial charge in [0.1, 0.15) is 84.0 Å². The number of hydrogen-bond acceptors (Lipinski definition) is 22. The Bertz CT molecular complexity index is 3730. The number of H-pyrrole nitrogens is 1. The van der Waals surface area contributed by atoms with E-state index in [-0.39, 0.29) is 63.1 Å². The Hall–Kier alpha value is -10.5. The second-order valence-corrected chi connectivity index (χ2v) is 26.6. The van der Waals surface area contributed by atoms with Gasteiger partial charge < -0.3 is 116 Å². The number of carbonyl (C=O) groups excluding carboxylic acids is 13. The number of nitrogens with one attached hydrogen (secondary N) is 12. The van der Waals surface area contributed by atoms with E-state index >= 15 is 0 Å². The predicted molar refractivity (Wildman–Crippen MR) is 384 cm³/mol. The van der Waals surface area contributed by atoms with Crippen LogP contribution in [-0.2, 0) is 86.4 Å². The highest BCUT2D eigenvalue weighted by Crippen LogP contribution is 2.24. The molecule has 13 amide bonds. The van der Waals surface area contributed by atoms with Crippen molar-refractivity contribution in [1.29, 1.82) is 0 Å². The van der Waals surface area contributed by atoms with Gasteiger partial charge in [0.25, 0.3) is 0 Å². The molecule has 36 nitrogen and oxygen atoms in total. The average Bonchev–Trinajstić information content (AvgIpc) is 1.54. The number of phenols is 2. The fraction of sp³-hybridized carbons (Fsp3) is 0.507. The molecule has 0 spiro atoms. The lowest BCUT2D eigenvalue weighted by Crippen LogP contribution is -2.63. The van der Waals surface area contributed by atoms with E-state index < -0.39 is 205 Å². The number of aliphatic hydroxyl groups excluding tert-OH is 3. The Kier molecular flexibility index (Phi) is 34.0. The van der Waals surface area contributed by atoms with Gasteiger partial charge in [-0.15, -0.1) is 0 Å². The fourth-order valence-electron chi connectivity index (χ4n) is 11.5. The quantitative estimate of drug-likeness (QED) is 0.0145. The van der Waals surface area contributed by atoms with Gasteiger partial charge in [-0.3, -0.25) is 62.3 Å². The lowest BCUT2D eigenvalue weighted by atomic mass is 9.99. The van der Waals surface area contributed by atoms with Crippen molar-refractivity contribution >= 4 is 106 Å². The number of aromatic nitrogens is 1. The number of thiol groups is 1. The van der Waals surface area contributed by atoms with Crippen LogP contribution < -0.4 is 75.7 Å². The van der Waals surface area contributed by atoms with Crippen LogP contribution in [0.25, 0.3) is 10.9 Å². The molecule has 2 heterocycles. The summed E-state index contributed by atoms with van der Waals surface area (Å²) in [7, 11) is 0. The Labute approximate surface area is 615 Å². The molecule has 0 bridgehead atoms. The second kappa shape index (κ2) is 41.9. The van der Waals surface area contributed by atoms with E-state index in [0.29, 0.717) is 40.4 Å². The molecule has 37 heteroatoms. The van der Waals surface area contributed by atoms with E-state index in [4.69, 9.17) is 17.2 Å². The van der Waals surface area contributed by atoms with Crippen LogP contribution in [0, 0.1) is 11.8 Å². The van der Waals surface area contributed by atoms with Crippen molar-refractivity contribution in [2.75, 3.05) is 38.6 Å². The van der Waals surface area contributed by atoms with Crippen LogP contribution in [0.2, 0.25) is 0 Å². The summed E-state index contributed by atoms with van der Waals surface area (Å²) in [4.78, 5) is 196. The molecule has 3 aromatic carbocycles. The highest BCUT2D eigenvalue weighted by molar-refractivity contribution is 7.80. The van der Waals surface area contributed by atoms with Gasteiger partial charge in [-0.1, -0.05) is 70.2 Å². The third-order valence-electron chi connectivity index (χ3n) is 17.4. The first-order valence-corrected chi connectivity index (χ1v) is 35.0. The number of carboxylic acids is 1. The largest absolute Gasteiger partial charge is 0.508 e. The number of hydrogen-bond donors (Lipinski definition) is 22. The summed E-state index contributed by atoms with van der Waals surface area (Å²) in [6.07, 6.45) is -0.540. The van der Waals surface area contributed by atoms with Crippen molar-refractivity contribution in [2.45, 2.75) is 171 Å². The van der Waals surface area contributed by atoms with Gasteiger partial charge in [0.15, 0.2) is 0 Å². The number of nitrogens with two attached hydrogens (primary N) is 3. The molecule has 13 atom stereocenters. The number of aromatic hydroxyl groups is 2. The first-order valence-electron chi connectivity index (χ1n) is 34.4. The molecule has 1 fully saturated rings. The molecule has 1 aromatic heterocycles. The molecule has 1 aliphatic heterocycles. The Morgan fingerprint density at radius 1 is 0.538 bits per heavy atom. The van der Waals surface area contributed by atoms with Crippen LogP contribution in [0.5, 0.6) is 11.5 Å². The van der Waals surface area contributed by atoms with E-state index in [2.05, 4.69) is 76.1 Å². The van der Waals surface area contributed by atoms with Gasteiger partial charge in [0, 0.05) is 48.7 Å². The normalized spacial score (nSPS) is 16.1. The molecule has 106 heavy (non-hydrogen) atoms. The highest BCUT2D eigenvalue weighted by Gasteiger charge is 2.43. The zero-order valence-corrected chi connectivity index (χ0v) is 60.2. The second-order valence-electron chi connectivity index (χ2n) is 26.3. The van der Waals surface area contributed by atoms with E-state index in [0.717, 1.165) is 4.90 Å². The number of rotatable bonds is 42. The number of carboxylic acid groups (broad SMARTS) is 1. The van der Waals surface area contributed by atoms with E-state index in [1.807, 2.05) is 0 Å². The fourth-order valence-corrected chi connectivity index (χ4v) is 11.7. The number of phenolic OH excluding ortho intramolecular Hbond substituents is 2. The number of primary amides is 1. The molecule has 0 radical (unpaired) electrons. The minimum atomic E-state index is -1.85. The monoisotopic (exact) mass is 1500 g/mol. The SMILES string of the molecule is CC(C)[C@H](NC(=O)[C@H](Cc1c[nH]c2ccccc12)NC(=O)[C@@H]1CCCN1C(=O)[C@@H](NC(=O)[C@@H](NC(=O)[C@H](CO)NC(=O)[C@H](CS)NC(=O)[C@H](Cc1ccc(O)cc1)NC(=O)[C@H](Cc1ccc(O)cc1)NC(=O)[C@H](CC(N)=O)NC(=O)CN)C(C)C)[C@@H](C)O)C(=O)N[C@@H](CCCCN)C(=O)N[C@@H](CO)C(=O)O. The van der Waals surface area contributed by atoms with Crippen LogP contribution >= 0.6 is 12.6 Å². The maximum Gasteiger partial charge on any atom is 0.328 e. The third kappa shape index (κ3) is 25.7. The van der Waals surface area contributed by atoms with Crippen molar-refractivity contribution < 1.29 is 97.8 Å². The summed E-state index contributed by atoms with van der Waals surface area (Å²) in [5.74, 6) is -16.5. The van der Waals surface area contributed by atoms with Gasteiger partial charge in [-0.25, -0.2) is 4.79 Å². The molecule has 0 unspecified atom stereocenters. The van der Waals surface area contributed by atoms with Gasteiger partial charge in [-0.05, 0) is 104 Å². The predicted octanol–water partition coefficient (Wildman–Crippen LogP) is -5.41. The number of fused-ring (bicyclic) bond motifs is 1. The number of para-hydroxylation sites is 1. The van der Waals surface area contributed by atoms with E-state index in [9.17, 15) is 97.8 Å². The van der Waals surface area contributed by atoms with Crippen molar-refractivity contribution in [3.05, 3.63) is 95.7 Å². The molecule has 0 aliphatic carbocycles. The van der Waals surface area contributed by atoms with Crippen molar-refractivity contribution in [3.63, 3.8) is 0 Å². The average molecular weight is 1500 g/mol. The van der Waals surface area contributed by atoms with E-state index in [1.165, 1.54) is 69.3 Å². The maximum absolute atomic E-state index is 14.7. The first kappa shape index (κ1) is 86.2. The summed E-state index contributed by atoms with van der Waals surface area (Å²) in [5, 5.41) is 88.6. The van der Waals surface area contributed by atoms with Crippen LogP contribution in [0.1, 0.15) is 89.8 Å². The zero-order chi connectivity index (χ0) is 78.6. The topological polar surface area (TPSA) is 590 Å². The van der Waals surface area contributed by atoms with Crippen molar-refractivity contribution in [1.82, 2.24) is 68.4 Å². The van der Waals surface area contributed by atoms with Crippen LogP contribution in [0.4, 0.5) is 0 Å². The summed E-state index contributed by atoms with van der Waals surface area (Å²) < 4.78 is 0. The minimum absolute atomic E-state index is 0.00323. The number of aromatic amines is 1. The molecule has 4 aromatic rings. The number of aliphatic hydroxyl groups is 3. The number of nitrogens with zero attached hydrogens (tertiary/aromatic N) is 1. The van der Waals surface area contributed by atoms with Crippen molar-refractivity contribution in [3.8, 4) is 11.5 Å². The lowest BCUT2D eigenvalue weighted by Gasteiger charge is -2.32. The van der Waals surface area contributed by atoms with Crippen LogP contribution in [0.3, 0.4) is 0 Å². The number of carbonyl (C=O) groups is 14. The lowest BCUT2D eigenvalue weighted by molar-refractivity contribution is -0.145. The van der Waals surface area contributed by atoms with Crippen LogP contribution in [0.15, 0.2) is 79.0 Å². The van der Waals surface area contributed by atoms with Gasteiger partial charge >= 0.3 is 5.97 Å². The molecule has 5 rings (SSSR count). The van der Waals surface area contributed by atoms with Crippen LogP contribution in [-0.4, -0.2) is 240 Å². The number of amides is 13. The molecule has 0 saturated carbocycles. The Morgan fingerprint density at radius 2 is 0.991 bits per heavy atom. The van der Waals surface area contributed by atoms with E-state index in [1.54, 1.807) is 44.3 Å². The minimum Gasteiger partial charge on any atom is -0.508 e. The zero-order valence-electron chi connectivity index (χ0n) is 59.3. The number of unbranched alkanes of at least 4 members (excludes halogenated alkanes) is 1. The third-order valence-corrected chi connectivity index (χ3v) is 17.7. The molecule has 1 saturated heterocycles. The summed E-state index contributed by atoms with van der Waals surface area (Å²) in [6.45, 7) is 4.92. The maximum atomic E-state index is 14.7. The summed E-state index contributed by atoms with van der Waals surface area (Å²) >= 11 is 4.24. The number of aliphatic carboxylic acids is 1. The molecule has 1 aliphatic rings. The molecule has 580 valence electrons. The standard InChI is InChI=1S/C69H98N16O20S/c1-34(2)55(66(101)75-44(13-8-9-23-70)58(93)80-50(32-87)69(104)105)82-62(97)47(27-39-30-73-43-12-7-6-11-42(39)43)78-65(100)52-14-10-24-85(52)68(103)57(36(5)88)84-67(102)56(35(3)4)83-63(98)49(31-86)79-64(99)51(33-106)81-60(95)46(26-38-17-21-41(90)22-18-38)76-59(94)45(25-37-15-19-40(89)20-16-37)77-61(96)48(28-53(72)91)74-54(92)29-71/h6-7,11-12,15-22,30,34-36,44-52,55-57,73,86-90,106H,8-10,13-14,23-29,31-33,70-71H2,1-5H3,(H2,72,91)(H,74,92)(H,75,101)(H,76,94)(H,77,96)(H,78,100)(H,79,99)(H,80,93)(H,81,95)(H,82,97)(H,83,98)(H,84,102)(H,104,105)/t36-,44+,45+,46+,47+,48+,49+,50+,51+,52+,55+,56+,57+/m1/s1. The Balaban J connectivity index is 1.32. The van der Waals surface area contributed by atoms with Gasteiger partial charge in [0.2, 0.25) is 76.8 Å².